The number of aryl methyl sites for hydroxylation is 1. The van der Waals surface area contributed by atoms with E-state index in [1.165, 1.54) is 4.90 Å². The molecule has 3 aliphatic heterocycles. The van der Waals surface area contributed by atoms with Gasteiger partial charge in [0.05, 0.1) is 47.7 Å². The van der Waals surface area contributed by atoms with Crippen molar-refractivity contribution in [3.8, 4) is 0 Å². The lowest BCUT2D eigenvalue weighted by Crippen LogP contribution is -2.35. The first-order valence-corrected chi connectivity index (χ1v) is 10.1. The van der Waals surface area contributed by atoms with E-state index in [2.05, 4.69) is 5.10 Å². The number of carbonyl (C=O) groups is 2. The molecule has 28 heavy (non-hydrogen) atoms. The third-order valence-corrected chi connectivity index (χ3v) is 6.77. The molecule has 0 unspecified atom stereocenters. The molecular formula is C20H19Cl2N3O3. The number of benzene rings is 1. The molecule has 0 N–H and O–H groups in total. The Morgan fingerprint density at radius 2 is 1.75 bits per heavy atom. The first-order valence-electron chi connectivity index (χ1n) is 9.38. The highest BCUT2D eigenvalue weighted by Gasteiger charge is 2.63. The number of hydrogen-bond acceptors (Lipinski definition) is 4. The van der Waals surface area contributed by atoms with Crippen LogP contribution in [0.3, 0.4) is 0 Å². The van der Waals surface area contributed by atoms with Crippen molar-refractivity contribution >= 4 is 40.7 Å². The molecule has 1 aromatic heterocycles. The minimum absolute atomic E-state index is 0.125. The van der Waals surface area contributed by atoms with E-state index in [1.54, 1.807) is 16.8 Å². The van der Waals surface area contributed by atoms with Crippen LogP contribution in [0.2, 0.25) is 10.0 Å². The molecule has 0 aliphatic carbocycles. The molecule has 3 saturated heterocycles. The smallest absolute Gasteiger partial charge is 0.240 e. The van der Waals surface area contributed by atoms with Crippen molar-refractivity contribution in [3.05, 3.63) is 45.2 Å². The zero-order valence-electron chi connectivity index (χ0n) is 15.5. The minimum Gasteiger partial charge on any atom is -0.373 e. The van der Waals surface area contributed by atoms with Crippen LogP contribution < -0.4 is 4.90 Å². The maximum atomic E-state index is 13.1. The molecule has 8 heteroatoms. The second kappa shape index (κ2) is 6.31. The van der Waals surface area contributed by atoms with Crippen molar-refractivity contribution in [2.75, 3.05) is 4.90 Å². The van der Waals surface area contributed by atoms with Gasteiger partial charge in [0.25, 0.3) is 0 Å². The van der Waals surface area contributed by atoms with E-state index in [0.717, 1.165) is 24.1 Å². The molecule has 0 saturated carbocycles. The predicted octanol–water partition coefficient (Wildman–Crippen LogP) is 3.52. The number of carbonyl (C=O) groups excluding carboxylic acids is 2. The number of halogens is 2. The van der Waals surface area contributed by atoms with E-state index in [1.807, 2.05) is 19.9 Å². The second-order valence-corrected chi connectivity index (χ2v) is 8.61. The number of rotatable bonds is 3. The van der Waals surface area contributed by atoms with Gasteiger partial charge in [0.1, 0.15) is 0 Å². The first-order chi connectivity index (χ1) is 13.4. The van der Waals surface area contributed by atoms with Crippen LogP contribution in [0.25, 0.3) is 0 Å². The van der Waals surface area contributed by atoms with Crippen LogP contribution in [0.5, 0.6) is 0 Å². The summed E-state index contributed by atoms with van der Waals surface area (Å²) in [5.41, 5.74) is 2.87. The molecular weight excluding hydrogens is 401 g/mol. The Hall–Kier alpha value is -1.89. The summed E-state index contributed by atoms with van der Waals surface area (Å²) in [7, 11) is 0. The zero-order chi connectivity index (χ0) is 19.7. The number of amides is 2. The van der Waals surface area contributed by atoms with Crippen LogP contribution in [0, 0.1) is 25.7 Å². The highest BCUT2D eigenvalue weighted by Crippen LogP contribution is 2.50. The fourth-order valence-electron chi connectivity index (χ4n) is 4.91. The van der Waals surface area contributed by atoms with Gasteiger partial charge in [0, 0.05) is 10.0 Å². The van der Waals surface area contributed by atoms with Gasteiger partial charge in [-0.15, -0.1) is 0 Å². The molecule has 0 spiro atoms. The van der Waals surface area contributed by atoms with Gasteiger partial charge in [-0.2, -0.15) is 5.10 Å². The summed E-state index contributed by atoms with van der Waals surface area (Å²) in [5.74, 6) is -1.01. The van der Waals surface area contributed by atoms with Gasteiger partial charge in [0.2, 0.25) is 11.8 Å². The lowest BCUT2D eigenvalue weighted by Gasteiger charge is -2.18. The van der Waals surface area contributed by atoms with Gasteiger partial charge >= 0.3 is 0 Å². The third-order valence-electron chi connectivity index (χ3n) is 6.19. The van der Waals surface area contributed by atoms with E-state index in [4.69, 9.17) is 27.9 Å². The fraction of sp³-hybridized carbons (Fsp3) is 0.450. The summed E-state index contributed by atoms with van der Waals surface area (Å²) in [6.45, 7) is 4.13. The monoisotopic (exact) mass is 419 g/mol. The van der Waals surface area contributed by atoms with E-state index < -0.39 is 0 Å². The molecule has 5 rings (SSSR count). The highest BCUT2D eigenvalue weighted by atomic mass is 35.5. The average molecular weight is 420 g/mol. The van der Waals surface area contributed by atoms with Crippen molar-refractivity contribution < 1.29 is 14.3 Å². The minimum atomic E-state index is -0.348. The summed E-state index contributed by atoms with van der Waals surface area (Å²) in [4.78, 5) is 27.6. The molecule has 2 aromatic rings. The van der Waals surface area contributed by atoms with Crippen molar-refractivity contribution in [1.82, 2.24) is 9.78 Å². The Balaban J connectivity index is 1.50. The van der Waals surface area contributed by atoms with E-state index in [9.17, 15) is 9.59 Å². The fourth-order valence-corrected chi connectivity index (χ4v) is 5.38. The molecule has 6 nitrogen and oxygen atoms in total. The lowest BCUT2D eigenvalue weighted by atomic mass is 9.81. The number of nitrogens with zero attached hydrogens (tertiary/aromatic N) is 3. The number of ether oxygens (including phenoxy) is 1. The number of imide groups is 1. The van der Waals surface area contributed by atoms with Gasteiger partial charge < -0.3 is 4.74 Å². The molecule has 146 valence electrons. The molecule has 3 fully saturated rings. The quantitative estimate of drug-likeness (QED) is 0.713. The normalized spacial score (nSPS) is 28.5. The summed E-state index contributed by atoms with van der Waals surface area (Å²) >= 11 is 12.3. The van der Waals surface area contributed by atoms with Crippen molar-refractivity contribution in [2.24, 2.45) is 11.8 Å². The molecule has 2 amide bonds. The Kier molecular flexibility index (Phi) is 4.09. The third kappa shape index (κ3) is 2.48. The van der Waals surface area contributed by atoms with Gasteiger partial charge in [0.15, 0.2) is 0 Å². The maximum absolute atomic E-state index is 13.1. The Labute approximate surface area is 172 Å². The molecule has 3 aliphatic rings. The molecule has 1 aromatic carbocycles. The van der Waals surface area contributed by atoms with Crippen LogP contribution in [0.15, 0.2) is 18.2 Å². The van der Waals surface area contributed by atoms with Gasteiger partial charge in [-0.1, -0.05) is 29.3 Å². The summed E-state index contributed by atoms with van der Waals surface area (Å²) in [6.07, 6.45) is 1.45. The first kappa shape index (κ1) is 18.2. The van der Waals surface area contributed by atoms with Crippen LogP contribution in [-0.4, -0.2) is 33.8 Å². The number of anilines is 1. The highest BCUT2D eigenvalue weighted by molar-refractivity contribution is 6.35. The summed E-state index contributed by atoms with van der Waals surface area (Å²) in [6, 6.07) is 5.32. The Morgan fingerprint density at radius 1 is 1.11 bits per heavy atom. The average Bonchev–Trinajstić information content (AvgIpc) is 3.37. The van der Waals surface area contributed by atoms with Gasteiger partial charge in [-0.3, -0.25) is 14.3 Å². The SMILES string of the molecule is Cc1nn(Cc2ccc(Cl)cc2Cl)c(C)c1N1C(=O)[C@H]2[C@H](C1=O)[C@H]1CC[C@H]2O1. The summed E-state index contributed by atoms with van der Waals surface area (Å²) < 4.78 is 7.59. The number of aromatic nitrogens is 2. The standard InChI is InChI=1S/C20H19Cl2N3O3/c1-9-18(10(2)24(23-9)8-11-3-4-12(21)7-13(11)22)25-19(26)16-14-5-6-15(28-14)17(16)20(25)27/h3-4,7,14-17H,5-6,8H2,1-2H3/t14-,15-,16-,17-/m1/s1. The molecule has 4 atom stereocenters. The van der Waals surface area contributed by atoms with E-state index in [0.29, 0.717) is 28.0 Å². The van der Waals surface area contributed by atoms with Crippen molar-refractivity contribution in [1.29, 1.82) is 0 Å². The van der Waals surface area contributed by atoms with Gasteiger partial charge in [-0.05, 0) is 44.4 Å². The number of hydrogen-bond donors (Lipinski definition) is 0. The zero-order valence-corrected chi connectivity index (χ0v) is 17.0. The predicted molar refractivity (Wildman–Crippen MR) is 105 cm³/mol. The van der Waals surface area contributed by atoms with E-state index in [-0.39, 0.29) is 35.9 Å². The van der Waals surface area contributed by atoms with Crippen LogP contribution in [-0.2, 0) is 20.9 Å². The van der Waals surface area contributed by atoms with Crippen molar-refractivity contribution in [2.45, 2.75) is 45.4 Å². The van der Waals surface area contributed by atoms with Gasteiger partial charge in [-0.25, -0.2) is 4.90 Å². The largest absolute Gasteiger partial charge is 0.373 e. The van der Waals surface area contributed by atoms with Crippen LogP contribution in [0.4, 0.5) is 5.69 Å². The lowest BCUT2D eigenvalue weighted by molar-refractivity contribution is -0.124. The summed E-state index contributed by atoms with van der Waals surface area (Å²) in [5, 5.41) is 5.70. The second-order valence-electron chi connectivity index (χ2n) is 7.77. The van der Waals surface area contributed by atoms with E-state index >= 15 is 0 Å². The van der Waals surface area contributed by atoms with Crippen LogP contribution in [0.1, 0.15) is 29.8 Å². The Bertz CT molecular complexity index is 990. The number of fused-ring (bicyclic) bond motifs is 5. The van der Waals surface area contributed by atoms with Crippen molar-refractivity contribution in [3.63, 3.8) is 0 Å². The topological polar surface area (TPSA) is 64.4 Å². The van der Waals surface area contributed by atoms with Crippen LogP contribution >= 0.6 is 23.2 Å². The molecule has 2 bridgehead atoms. The molecule has 4 heterocycles. The molecule has 0 radical (unpaired) electrons. The Morgan fingerprint density at radius 3 is 2.36 bits per heavy atom. The maximum Gasteiger partial charge on any atom is 0.240 e.